The molecule has 3 nitrogen and oxygen atoms in total. The Labute approximate surface area is 142 Å². The summed E-state index contributed by atoms with van der Waals surface area (Å²) in [5.74, 6) is 3.06. The molecule has 21 heavy (non-hydrogen) atoms. The van der Waals surface area contributed by atoms with Crippen LogP contribution in [0.25, 0.3) is 0 Å². The third kappa shape index (κ3) is 4.88. The molecule has 0 unspecified atom stereocenters. The Kier molecular flexibility index (Phi) is 6.96. The number of terminal acetylenes is 1. The largest absolute Gasteiger partial charge is 0.357 e. The topological polar surface area (TPSA) is 36.4 Å². The number of rotatable bonds is 5. The first-order chi connectivity index (χ1) is 9.70. The molecule has 2 rings (SSSR count). The van der Waals surface area contributed by atoms with Crippen molar-refractivity contribution in [1.82, 2.24) is 10.6 Å². The first-order valence-electron chi connectivity index (χ1n) is 6.92. The molecule has 0 radical (unpaired) electrons. The van der Waals surface area contributed by atoms with E-state index < -0.39 is 0 Å². The predicted molar refractivity (Wildman–Crippen MR) is 95.5 cm³/mol. The maximum absolute atomic E-state index is 13.3. The second-order valence-corrected chi connectivity index (χ2v) is 5.04. The van der Waals surface area contributed by atoms with Crippen molar-refractivity contribution in [1.29, 1.82) is 0 Å². The molecule has 1 aliphatic rings. The zero-order chi connectivity index (χ0) is 14.4. The Hall–Kier alpha value is -1.29. The van der Waals surface area contributed by atoms with Gasteiger partial charge in [-0.1, -0.05) is 18.1 Å². The van der Waals surface area contributed by atoms with Crippen LogP contribution in [0.4, 0.5) is 4.39 Å². The summed E-state index contributed by atoms with van der Waals surface area (Å²) in [6.45, 7) is 3.88. The summed E-state index contributed by atoms with van der Waals surface area (Å²) >= 11 is 0. The molecule has 5 heteroatoms. The Morgan fingerprint density at radius 2 is 2.19 bits per heavy atom. The van der Waals surface area contributed by atoms with Gasteiger partial charge < -0.3 is 10.6 Å². The maximum atomic E-state index is 13.3. The summed E-state index contributed by atoms with van der Waals surface area (Å²) in [6, 6.07) is 6.83. The monoisotopic (exact) mass is 401 g/mol. The molecule has 1 saturated carbocycles. The van der Waals surface area contributed by atoms with E-state index in [0.29, 0.717) is 19.0 Å². The lowest BCUT2D eigenvalue weighted by Crippen LogP contribution is -2.38. The molecule has 1 aliphatic carbocycles. The lowest BCUT2D eigenvalue weighted by molar-refractivity contribution is 0.616. The molecule has 2 N–H and O–H groups in total. The molecule has 1 fully saturated rings. The van der Waals surface area contributed by atoms with Crippen LogP contribution in [0, 0.1) is 18.2 Å². The van der Waals surface area contributed by atoms with E-state index in [1.54, 1.807) is 12.1 Å². The smallest absolute Gasteiger partial charge is 0.192 e. The zero-order valence-electron chi connectivity index (χ0n) is 12.2. The summed E-state index contributed by atoms with van der Waals surface area (Å²) in [5.41, 5.74) is 1.04. The lowest BCUT2D eigenvalue weighted by atomic mass is 9.96. The van der Waals surface area contributed by atoms with Gasteiger partial charge in [0.05, 0.1) is 13.1 Å². The molecule has 0 heterocycles. The Bertz CT molecular complexity index is 533. The second-order valence-electron chi connectivity index (χ2n) is 5.04. The van der Waals surface area contributed by atoms with Gasteiger partial charge in [-0.2, -0.15) is 0 Å². The molecule has 0 saturated heterocycles. The summed E-state index contributed by atoms with van der Waals surface area (Å²) in [7, 11) is 0. The van der Waals surface area contributed by atoms with Gasteiger partial charge in [-0.3, -0.25) is 4.99 Å². The summed E-state index contributed by atoms with van der Waals surface area (Å²) in [6.07, 6.45) is 7.34. The van der Waals surface area contributed by atoms with Gasteiger partial charge in [0.15, 0.2) is 5.96 Å². The van der Waals surface area contributed by atoms with Gasteiger partial charge in [-0.25, -0.2) is 4.39 Å². The minimum atomic E-state index is -0.185. The fourth-order valence-electron chi connectivity index (χ4n) is 2.21. The zero-order valence-corrected chi connectivity index (χ0v) is 14.5. The quantitative estimate of drug-likeness (QED) is 0.345. The molecule has 0 aromatic heterocycles. The number of benzene rings is 1. The van der Waals surface area contributed by atoms with E-state index in [1.807, 2.05) is 13.0 Å². The molecule has 0 spiro atoms. The first kappa shape index (κ1) is 17.8. The van der Waals surface area contributed by atoms with Crippen molar-refractivity contribution in [2.24, 2.45) is 4.99 Å². The lowest BCUT2D eigenvalue weighted by Gasteiger charge is -2.15. The van der Waals surface area contributed by atoms with Crippen molar-refractivity contribution in [2.75, 3.05) is 19.6 Å². The molecule has 0 amide bonds. The van der Waals surface area contributed by atoms with Crippen molar-refractivity contribution in [2.45, 2.75) is 25.2 Å². The fourth-order valence-corrected chi connectivity index (χ4v) is 2.21. The molecule has 0 atom stereocenters. The van der Waals surface area contributed by atoms with Crippen LogP contribution in [0.15, 0.2) is 29.3 Å². The summed E-state index contributed by atoms with van der Waals surface area (Å²) < 4.78 is 13.3. The molecular weight excluding hydrogens is 380 g/mol. The number of hydrogen-bond acceptors (Lipinski definition) is 1. The van der Waals surface area contributed by atoms with E-state index >= 15 is 0 Å². The number of nitrogens with zero attached hydrogens (tertiary/aromatic N) is 1. The third-order valence-corrected chi connectivity index (χ3v) is 3.53. The van der Waals surface area contributed by atoms with Crippen LogP contribution in [0.5, 0.6) is 0 Å². The SMILES string of the molecule is C#CCNC(=NCC1(c2cccc(F)c2)CC1)NCC.I. The molecule has 1 aromatic rings. The van der Waals surface area contributed by atoms with Crippen molar-refractivity contribution < 1.29 is 4.39 Å². The highest BCUT2D eigenvalue weighted by atomic mass is 127. The Morgan fingerprint density at radius 1 is 1.43 bits per heavy atom. The Balaban J connectivity index is 0.00000220. The van der Waals surface area contributed by atoms with Crippen molar-refractivity contribution >= 4 is 29.9 Å². The van der Waals surface area contributed by atoms with E-state index in [4.69, 9.17) is 6.42 Å². The van der Waals surface area contributed by atoms with Gasteiger partial charge in [0.2, 0.25) is 0 Å². The predicted octanol–water partition coefficient (Wildman–Crippen LogP) is 2.66. The maximum Gasteiger partial charge on any atom is 0.192 e. The van der Waals surface area contributed by atoms with Crippen molar-refractivity contribution in [3.63, 3.8) is 0 Å². The number of aliphatic imine (C=N–C) groups is 1. The van der Waals surface area contributed by atoms with E-state index in [1.165, 1.54) is 6.07 Å². The van der Waals surface area contributed by atoms with E-state index in [9.17, 15) is 4.39 Å². The number of guanidine groups is 1. The van der Waals surface area contributed by atoms with Crippen LogP contribution in [0.1, 0.15) is 25.3 Å². The number of nitrogens with one attached hydrogen (secondary N) is 2. The summed E-state index contributed by atoms with van der Waals surface area (Å²) in [4.78, 5) is 4.57. The third-order valence-electron chi connectivity index (χ3n) is 3.53. The highest BCUT2D eigenvalue weighted by Gasteiger charge is 2.44. The molecule has 0 aliphatic heterocycles. The number of hydrogen-bond donors (Lipinski definition) is 2. The average molecular weight is 401 g/mol. The van der Waals surface area contributed by atoms with Gasteiger partial charge in [0, 0.05) is 12.0 Å². The van der Waals surface area contributed by atoms with Crippen LogP contribution < -0.4 is 10.6 Å². The van der Waals surface area contributed by atoms with Crippen LogP contribution in [-0.4, -0.2) is 25.6 Å². The molecule has 114 valence electrons. The van der Waals surface area contributed by atoms with Crippen molar-refractivity contribution in [3.8, 4) is 12.3 Å². The van der Waals surface area contributed by atoms with Crippen LogP contribution in [0.2, 0.25) is 0 Å². The van der Waals surface area contributed by atoms with Crippen LogP contribution in [-0.2, 0) is 5.41 Å². The molecular formula is C16H21FIN3. The first-order valence-corrected chi connectivity index (χ1v) is 6.92. The fraction of sp³-hybridized carbons (Fsp3) is 0.438. The van der Waals surface area contributed by atoms with E-state index in [-0.39, 0.29) is 35.2 Å². The highest BCUT2D eigenvalue weighted by molar-refractivity contribution is 14.0. The minimum Gasteiger partial charge on any atom is -0.357 e. The van der Waals surface area contributed by atoms with E-state index in [0.717, 1.165) is 24.9 Å². The van der Waals surface area contributed by atoms with Crippen LogP contribution in [0.3, 0.4) is 0 Å². The van der Waals surface area contributed by atoms with Gasteiger partial charge in [-0.05, 0) is 37.5 Å². The Morgan fingerprint density at radius 3 is 2.76 bits per heavy atom. The van der Waals surface area contributed by atoms with Gasteiger partial charge in [-0.15, -0.1) is 30.4 Å². The second kappa shape index (κ2) is 8.23. The normalized spacial score (nSPS) is 15.6. The molecule has 1 aromatic carbocycles. The van der Waals surface area contributed by atoms with E-state index in [2.05, 4.69) is 21.5 Å². The van der Waals surface area contributed by atoms with Gasteiger partial charge in [0.1, 0.15) is 5.82 Å². The average Bonchev–Trinajstić information content (AvgIpc) is 3.23. The minimum absolute atomic E-state index is 0. The van der Waals surface area contributed by atoms with Crippen LogP contribution >= 0.6 is 24.0 Å². The van der Waals surface area contributed by atoms with Crippen molar-refractivity contribution in [3.05, 3.63) is 35.6 Å². The summed E-state index contributed by atoms with van der Waals surface area (Å²) in [5, 5.41) is 6.21. The highest BCUT2D eigenvalue weighted by Crippen LogP contribution is 2.48. The molecule has 0 bridgehead atoms. The standard InChI is InChI=1S/C16H20FN3.HI/c1-3-10-19-15(18-4-2)20-12-16(8-9-16)13-6-5-7-14(17)11-13;/h1,5-7,11H,4,8-10,12H2,2H3,(H2,18,19,20);1H. The number of halogens is 2. The van der Waals surface area contributed by atoms with Gasteiger partial charge >= 0.3 is 0 Å². The van der Waals surface area contributed by atoms with Gasteiger partial charge in [0.25, 0.3) is 0 Å².